The number of carbonyl (C=O) groups excluding carboxylic acids is 2. The van der Waals surface area contributed by atoms with Crippen LogP contribution in [0.1, 0.15) is 43.5 Å². The molecule has 152 valence electrons. The minimum absolute atomic E-state index is 0.0269. The second kappa shape index (κ2) is 8.85. The van der Waals surface area contributed by atoms with Crippen LogP contribution in [0.3, 0.4) is 0 Å². The van der Waals surface area contributed by atoms with Crippen LogP contribution in [0.15, 0.2) is 35.2 Å². The lowest BCUT2D eigenvalue weighted by Crippen LogP contribution is -2.43. The molecule has 0 radical (unpaired) electrons. The Bertz CT molecular complexity index is 928. The summed E-state index contributed by atoms with van der Waals surface area (Å²) in [5.41, 5.74) is 2.21. The van der Waals surface area contributed by atoms with E-state index in [4.69, 9.17) is 0 Å². The minimum Gasteiger partial charge on any atom is -0.297 e. The molecular formula is C21H22FN3O2S2. The largest absolute Gasteiger partial charge is 0.297 e. The SMILES string of the molecule is CC(=O)SC1CCN(C(C(=O)C2CC2)c2ccccc2F)CC1=Cc1csnn1. The second-order valence-corrected chi connectivity index (χ2v) is 9.50. The van der Waals surface area contributed by atoms with E-state index < -0.39 is 6.04 Å². The first-order chi connectivity index (χ1) is 14.0. The van der Waals surface area contributed by atoms with E-state index in [1.807, 2.05) is 11.5 Å². The Morgan fingerprint density at radius 1 is 1.31 bits per heavy atom. The highest BCUT2D eigenvalue weighted by Crippen LogP contribution is 2.40. The lowest BCUT2D eigenvalue weighted by Gasteiger charge is -2.38. The Morgan fingerprint density at radius 3 is 2.76 bits per heavy atom. The summed E-state index contributed by atoms with van der Waals surface area (Å²) in [7, 11) is 0. The number of benzene rings is 1. The number of Topliss-reactive ketones (excluding diaryl/α,β-unsaturated/α-hetero) is 1. The quantitative estimate of drug-likeness (QED) is 0.685. The topological polar surface area (TPSA) is 63.2 Å². The van der Waals surface area contributed by atoms with E-state index in [-0.39, 0.29) is 27.9 Å². The second-order valence-electron chi connectivity index (χ2n) is 7.51. The van der Waals surface area contributed by atoms with Crippen molar-refractivity contribution in [3.8, 4) is 0 Å². The number of hydrogen-bond donors (Lipinski definition) is 0. The van der Waals surface area contributed by atoms with Gasteiger partial charge in [0.25, 0.3) is 0 Å². The van der Waals surface area contributed by atoms with Crippen LogP contribution < -0.4 is 0 Å². The summed E-state index contributed by atoms with van der Waals surface area (Å²) in [4.78, 5) is 26.9. The van der Waals surface area contributed by atoms with Crippen LogP contribution in [0.5, 0.6) is 0 Å². The molecule has 2 unspecified atom stereocenters. The van der Waals surface area contributed by atoms with Gasteiger partial charge in [-0.3, -0.25) is 14.5 Å². The molecule has 2 aromatic rings. The normalized spacial score (nSPS) is 22.6. The van der Waals surface area contributed by atoms with Crippen molar-refractivity contribution in [1.29, 1.82) is 0 Å². The number of thioether (sulfide) groups is 1. The number of hydrogen-bond acceptors (Lipinski definition) is 7. The van der Waals surface area contributed by atoms with Crippen molar-refractivity contribution in [2.45, 2.75) is 37.5 Å². The molecule has 1 saturated carbocycles. The van der Waals surface area contributed by atoms with Crippen molar-refractivity contribution in [3.05, 3.63) is 52.3 Å². The first-order valence-electron chi connectivity index (χ1n) is 9.70. The number of halogens is 1. The Hall–Kier alpha value is -1.90. The molecule has 2 atom stereocenters. The van der Waals surface area contributed by atoms with Gasteiger partial charge in [0.15, 0.2) is 10.9 Å². The van der Waals surface area contributed by atoms with E-state index in [9.17, 15) is 14.0 Å². The Balaban J connectivity index is 1.66. The molecular weight excluding hydrogens is 409 g/mol. The Morgan fingerprint density at radius 2 is 2.10 bits per heavy atom. The third-order valence-corrected chi connectivity index (χ3v) is 6.99. The van der Waals surface area contributed by atoms with Crippen LogP contribution in [-0.2, 0) is 9.59 Å². The summed E-state index contributed by atoms with van der Waals surface area (Å²) in [6.45, 7) is 2.70. The van der Waals surface area contributed by atoms with Gasteiger partial charge in [-0.15, -0.1) is 5.10 Å². The fraction of sp³-hybridized carbons (Fsp3) is 0.429. The monoisotopic (exact) mass is 431 g/mol. The van der Waals surface area contributed by atoms with E-state index in [2.05, 4.69) is 14.5 Å². The van der Waals surface area contributed by atoms with Crippen molar-refractivity contribution in [2.75, 3.05) is 13.1 Å². The predicted octanol–water partition coefficient (Wildman–Crippen LogP) is 4.14. The van der Waals surface area contributed by atoms with Gasteiger partial charge in [-0.2, -0.15) is 0 Å². The fourth-order valence-corrected chi connectivity index (χ4v) is 5.15. The zero-order chi connectivity index (χ0) is 20.4. The molecule has 1 aromatic heterocycles. The molecule has 1 saturated heterocycles. The van der Waals surface area contributed by atoms with Gasteiger partial charge in [-0.05, 0) is 48.5 Å². The molecule has 0 bridgehead atoms. The van der Waals surface area contributed by atoms with Gasteiger partial charge < -0.3 is 0 Å². The zero-order valence-corrected chi connectivity index (χ0v) is 17.7. The maximum atomic E-state index is 14.6. The molecule has 2 heterocycles. The maximum Gasteiger partial charge on any atom is 0.186 e. The minimum atomic E-state index is -0.594. The van der Waals surface area contributed by atoms with Gasteiger partial charge in [-0.1, -0.05) is 34.4 Å². The van der Waals surface area contributed by atoms with E-state index >= 15 is 0 Å². The lowest BCUT2D eigenvalue weighted by atomic mass is 9.93. The Labute approximate surface area is 177 Å². The summed E-state index contributed by atoms with van der Waals surface area (Å²) in [6.07, 6.45) is 4.44. The molecule has 4 rings (SSSR count). The number of likely N-dealkylation sites (tertiary alicyclic amines) is 1. The van der Waals surface area contributed by atoms with Crippen LogP contribution >= 0.6 is 23.3 Å². The third-order valence-electron chi connectivity index (χ3n) is 5.31. The highest BCUT2D eigenvalue weighted by molar-refractivity contribution is 8.14. The third kappa shape index (κ3) is 4.82. The number of rotatable bonds is 6. The van der Waals surface area contributed by atoms with Gasteiger partial charge in [0, 0.05) is 42.1 Å². The van der Waals surface area contributed by atoms with Crippen molar-refractivity contribution in [2.24, 2.45) is 5.92 Å². The predicted molar refractivity (Wildman–Crippen MR) is 113 cm³/mol. The van der Waals surface area contributed by atoms with Gasteiger partial charge in [0.2, 0.25) is 0 Å². The lowest BCUT2D eigenvalue weighted by molar-refractivity contribution is -0.126. The number of piperidine rings is 1. The zero-order valence-electron chi connectivity index (χ0n) is 16.1. The van der Waals surface area contributed by atoms with Crippen molar-refractivity contribution in [3.63, 3.8) is 0 Å². The Kier molecular flexibility index (Phi) is 6.22. The van der Waals surface area contributed by atoms with Crippen molar-refractivity contribution < 1.29 is 14.0 Å². The fourth-order valence-electron chi connectivity index (χ4n) is 3.82. The van der Waals surface area contributed by atoms with Crippen LogP contribution in [0.25, 0.3) is 6.08 Å². The van der Waals surface area contributed by atoms with E-state index in [1.54, 1.807) is 25.1 Å². The first kappa shape index (κ1) is 20.4. The van der Waals surface area contributed by atoms with Crippen LogP contribution in [-0.4, -0.2) is 43.7 Å². The maximum absolute atomic E-state index is 14.6. The number of nitrogens with zero attached hydrogens (tertiary/aromatic N) is 3. The summed E-state index contributed by atoms with van der Waals surface area (Å²) >= 11 is 2.58. The van der Waals surface area contributed by atoms with E-state index in [0.29, 0.717) is 18.7 Å². The highest BCUT2D eigenvalue weighted by Gasteiger charge is 2.41. The summed E-state index contributed by atoms with van der Waals surface area (Å²) in [6, 6.07) is 5.96. The number of aromatic nitrogens is 2. The molecule has 1 aromatic carbocycles. The average Bonchev–Trinajstić information content (AvgIpc) is 3.42. The van der Waals surface area contributed by atoms with Gasteiger partial charge >= 0.3 is 0 Å². The average molecular weight is 432 g/mol. The van der Waals surface area contributed by atoms with E-state index in [1.165, 1.54) is 29.4 Å². The highest BCUT2D eigenvalue weighted by atomic mass is 32.2. The van der Waals surface area contributed by atoms with Gasteiger partial charge in [0.05, 0.1) is 11.7 Å². The molecule has 2 fully saturated rings. The standard InChI is InChI=1S/C21H22FN3O2S2/c1-13(26)29-19-8-9-25(11-15(19)10-16-12-28-24-23-16)20(21(27)14-6-7-14)17-4-2-3-5-18(17)22/h2-5,10,12,14,19-20H,6-9,11H2,1H3. The summed E-state index contributed by atoms with van der Waals surface area (Å²) < 4.78 is 18.5. The summed E-state index contributed by atoms with van der Waals surface area (Å²) in [5.74, 6) is -0.220. The molecule has 2 aliphatic rings. The molecule has 0 spiro atoms. The number of carbonyl (C=O) groups is 2. The molecule has 8 heteroatoms. The first-order valence-corrected chi connectivity index (χ1v) is 11.4. The smallest absolute Gasteiger partial charge is 0.186 e. The summed E-state index contributed by atoms with van der Waals surface area (Å²) in [5, 5.41) is 6.04. The van der Waals surface area contributed by atoms with Crippen molar-refractivity contribution in [1.82, 2.24) is 14.5 Å². The van der Waals surface area contributed by atoms with Crippen LogP contribution in [0, 0.1) is 11.7 Å². The van der Waals surface area contributed by atoms with Gasteiger partial charge in [-0.25, -0.2) is 4.39 Å². The van der Waals surface area contributed by atoms with Crippen LogP contribution in [0.4, 0.5) is 4.39 Å². The number of ketones is 1. The molecule has 29 heavy (non-hydrogen) atoms. The van der Waals surface area contributed by atoms with Crippen LogP contribution in [0.2, 0.25) is 0 Å². The molecule has 5 nitrogen and oxygen atoms in total. The molecule has 1 aliphatic heterocycles. The van der Waals surface area contributed by atoms with Crippen molar-refractivity contribution >= 4 is 40.3 Å². The van der Waals surface area contributed by atoms with Gasteiger partial charge in [0.1, 0.15) is 5.82 Å². The molecule has 0 amide bonds. The molecule has 1 aliphatic carbocycles. The molecule has 0 N–H and O–H groups in total. The van der Waals surface area contributed by atoms with E-state index in [0.717, 1.165) is 30.5 Å².